The normalized spacial score (nSPS) is 10.5. The molecule has 0 amide bonds. The molecule has 0 bridgehead atoms. The van der Waals surface area contributed by atoms with Gasteiger partial charge >= 0.3 is 0 Å². The molecule has 0 radical (unpaired) electrons. The van der Waals surface area contributed by atoms with E-state index in [9.17, 15) is 4.79 Å². The number of nitrogens with zero attached hydrogens (tertiary/aromatic N) is 1. The van der Waals surface area contributed by atoms with E-state index in [-0.39, 0.29) is 5.78 Å². The summed E-state index contributed by atoms with van der Waals surface area (Å²) >= 11 is 3.33. The number of Topliss-reactive ketones (excluding diaryl/α,β-unsaturated/α-hetero) is 1. The van der Waals surface area contributed by atoms with Gasteiger partial charge in [-0.3, -0.25) is 9.78 Å². The van der Waals surface area contributed by atoms with E-state index in [4.69, 9.17) is 0 Å². The van der Waals surface area contributed by atoms with Crippen molar-refractivity contribution in [3.8, 4) is 0 Å². The lowest BCUT2D eigenvalue weighted by Crippen LogP contribution is -2.08. The van der Waals surface area contributed by atoms with Crippen molar-refractivity contribution in [1.82, 2.24) is 4.98 Å². The molecule has 98 valence electrons. The standard InChI is InChI=1S/C16H16BrNO/c1-11-5-12(2)7-13(6-11)8-16(19)9-15-4-3-14(17)10-18-15/h3-7,10H,8-9H2,1-2H3. The van der Waals surface area contributed by atoms with Crippen LogP contribution >= 0.6 is 15.9 Å². The topological polar surface area (TPSA) is 30.0 Å². The molecule has 1 heterocycles. The van der Waals surface area contributed by atoms with Gasteiger partial charge in [-0.15, -0.1) is 0 Å². The van der Waals surface area contributed by atoms with Crippen LogP contribution in [0, 0.1) is 13.8 Å². The highest BCUT2D eigenvalue weighted by Crippen LogP contribution is 2.12. The minimum absolute atomic E-state index is 0.194. The third kappa shape index (κ3) is 4.28. The zero-order chi connectivity index (χ0) is 13.8. The molecular formula is C16H16BrNO. The molecular weight excluding hydrogens is 302 g/mol. The van der Waals surface area contributed by atoms with Crippen LogP contribution in [0.3, 0.4) is 0 Å². The van der Waals surface area contributed by atoms with Crippen molar-refractivity contribution >= 4 is 21.7 Å². The molecule has 0 aliphatic heterocycles. The fraction of sp³-hybridized carbons (Fsp3) is 0.250. The van der Waals surface area contributed by atoms with E-state index >= 15 is 0 Å². The Morgan fingerprint density at radius 3 is 2.37 bits per heavy atom. The molecule has 0 aliphatic rings. The van der Waals surface area contributed by atoms with Gasteiger partial charge in [-0.05, 0) is 47.5 Å². The molecule has 0 saturated carbocycles. The predicted molar refractivity (Wildman–Crippen MR) is 80.3 cm³/mol. The second-order valence-electron chi connectivity index (χ2n) is 4.86. The van der Waals surface area contributed by atoms with Crippen molar-refractivity contribution < 1.29 is 4.79 Å². The minimum atomic E-state index is 0.194. The van der Waals surface area contributed by atoms with Crippen LogP contribution in [-0.4, -0.2) is 10.8 Å². The van der Waals surface area contributed by atoms with Gasteiger partial charge in [0.05, 0.1) is 0 Å². The quantitative estimate of drug-likeness (QED) is 0.858. The SMILES string of the molecule is Cc1cc(C)cc(CC(=O)Cc2ccc(Br)cn2)c1. The third-order valence-electron chi connectivity index (χ3n) is 2.85. The summed E-state index contributed by atoms with van der Waals surface area (Å²) in [6, 6.07) is 10.0. The van der Waals surface area contributed by atoms with E-state index in [2.05, 4.69) is 53.0 Å². The van der Waals surface area contributed by atoms with E-state index in [1.165, 1.54) is 11.1 Å². The molecule has 2 aromatic rings. The van der Waals surface area contributed by atoms with Gasteiger partial charge < -0.3 is 0 Å². The van der Waals surface area contributed by atoms with Crippen molar-refractivity contribution in [2.75, 3.05) is 0 Å². The first-order chi connectivity index (χ1) is 9.02. The number of rotatable bonds is 4. The van der Waals surface area contributed by atoms with Gasteiger partial charge in [-0.2, -0.15) is 0 Å². The Hall–Kier alpha value is -1.48. The first-order valence-electron chi connectivity index (χ1n) is 6.22. The summed E-state index contributed by atoms with van der Waals surface area (Å²) < 4.78 is 0.929. The predicted octanol–water partition coefficient (Wildman–Crippen LogP) is 3.82. The number of halogens is 1. The molecule has 2 rings (SSSR count). The van der Waals surface area contributed by atoms with Crippen LogP contribution in [0.5, 0.6) is 0 Å². The minimum Gasteiger partial charge on any atom is -0.299 e. The van der Waals surface area contributed by atoms with Gasteiger partial charge in [0.1, 0.15) is 5.78 Å². The average Bonchev–Trinajstić information content (AvgIpc) is 2.30. The van der Waals surface area contributed by atoms with E-state index in [1.807, 2.05) is 12.1 Å². The highest BCUT2D eigenvalue weighted by molar-refractivity contribution is 9.10. The highest BCUT2D eigenvalue weighted by atomic mass is 79.9. The highest BCUT2D eigenvalue weighted by Gasteiger charge is 2.07. The van der Waals surface area contributed by atoms with Crippen LogP contribution in [0.1, 0.15) is 22.4 Å². The zero-order valence-electron chi connectivity index (χ0n) is 11.1. The number of aromatic nitrogens is 1. The molecule has 0 spiro atoms. The fourth-order valence-electron chi connectivity index (χ4n) is 2.17. The Morgan fingerprint density at radius 2 is 1.79 bits per heavy atom. The van der Waals surface area contributed by atoms with Crippen LogP contribution in [0.15, 0.2) is 41.0 Å². The molecule has 1 aromatic heterocycles. The Bertz CT molecular complexity index is 570. The van der Waals surface area contributed by atoms with Crippen molar-refractivity contribution in [2.45, 2.75) is 26.7 Å². The van der Waals surface area contributed by atoms with E-state index in [1.54, 1.807) is 6.20 Å². The summed E-state index contributed by atoms with van der Waals surface area (Å²) in [5.41, 5.74) is 4.30. The number of carbonyl (C=O) groups is 1. The second kappa shape index (κ2) is 6.11. The molecule has 0 unspecified atom stereocenters. The van der Waals surface area contributed by atoms with Crippen LogP contribution < -0.4 is 0 Å². The largest absolute Gasteiger partial charge is 0.299 e. The lowest BCUT2D eigenvalue weighted by Gasteiger charge is -2.05. The molecule has 3 heteroatoms. The van der Waals surface area contributed by atoms with Gasteiger partial charge in [-0.1, -0.05) is 29.3 Å². The number of benzene rings is 1. The maximum absolute atomic E-state index is 12.0. The van der Waals surface area contributed by atoms with Gasteiger partial charge in [-0.25, -0.2) is 0 Å². The number of ketones is 1. The second-order valence-corrected chi connectivity index (χ2v) is 5.77. The van der Waals surface area contributed by atoms with Gasteiger partial charge in [0.25, 0.3) is 0 Å². The van der Waals surface area contributed by atoms with Gasteiger partial charge in [0, 0.05) is 29.2 Å². The van der Waals surface area contributed by atoms with Crippen LogP contribution in [-0.2, 0) is 17.6 Å². The number of pyridine rings is 1. The van der Waals surface area contributed by atoms with Crippen LogP contribution in [0.4, 0.5) is 0 Å². The van der Waals surface area contributed by atoms with E-state index < -0.39 is 0 Å². The molecule has 0 N–H and O–H groups in total. The first kappa shape index (κ1) is 13.9. The summed E-state index contributed by atoms with van der Waals surface area (Å²) in [7, 11) is 0. The molecule has 19 heavy (non-hydrogen) atoms. The molecule has 0 fully saturated rings. The average molecular weight is 318 g/mol. The summed E-state index contributed by atoms with van der Waals surface area (Å²) in [6.45, 7) is 4.11. The van der Waals surface area contributed by atoms with Gasteiger partial charge in [0.15, 0.2) is 0 Å². The number of carbonyl (C=O) groups excluding carboxylic acids is 1. The zero-order valence-corrected chi connectivity index (χ0v) is 12.7. The summed E-state index contributed by atoms with van der Waals surface area (Å²) in [5.74, 6) is 0.194. The Morgan fingerprint density at radius 1 is 1.11 bits per heavy atom. The lowest BCUT2D eigenvalue weighted by molar-refractivity contribution is -0.117. The molecule has 1 aromatic carbocycles. The lowest BCUT2D eigenvalue weighted by atomic mass is 10.0. The van der Waals surface area contributed by atoms with E-state index in [0.29, 0.717) is 12.8 Å². The third-order valence-corrected chi connectivity index (χ3v) is 3.32. The first-order valence-corrected chi connectivity index (χ1v) is 7.01. The van der Waals surface area contributed by atoms with Crippen molar-refractivity contribution in [1.29, 1.82) is 0 Å². The Labute approximate surface area is 122 Å². The fourth-order valence-corrected chi connectivity index (χ4v) is 2.41. The Kier molecular flexibility index (Phi) is 4.48. The molecule has 0 atom stereocenters. The smallest absolute Gasteiger partial charge is 0.143 e. The molecule has 0 aliphatic carbocycles. The molecule has 2 nitrogen and oxygen atoms in total. The van der Waals surface area contributed by atoms with Gasteiger partial charge in [0.2, 0.25) is 0 Å². The number of hydrogen-bond donors (Lipinski definition) is 0. The summed E-state index contributed by atoms with van der Waals surface area (Å²) in [5, 5.41) is 0. The van der Waals surface area contributed by atoms with Crippen molar-refractivity contribution in [3.63, 3.8) is 0 Å². The maximum Gasteiger partial charge on any atom is 0.143 e. The summed E-state index contributed by atoms with van der Waals surface area (Å²) in [4.78, 5) is 16.3. The van der Waals surface area contributed by atoms with Crippen LogP contribution in [0.25, 0.3) is 0 Å². The summed E-state index contributed by atoms with van der Waals surface area (Å²) in [6.07, 6.45) is 2.58. The number of aryl methyl sites for hydroxylation is 2. The maximum atomic E-state index is 12.0. The monoisotopic (exact) mass is 317 g/mol. The molecule has 0 saturated heterocycles. The van der Waals surface area contributed by atoms with E-state index in [0.717, 1.165) is 15.7 Å². The van der Waals surface area contributed by atoms with Crippen molar-refractivity contribution in [2.24, 2.45) is 0 Å². The number of hydrogen-bond acceptors (Lipinski definition) is 2. The van der Waals surface area contributed by atoms with Crippen molar-refractivity contribution in [3.05, 3.63) is 63.4 Å². The van der Waals surface area contributed by atoms with Crippen LogP contribution in [0.2, 0.25) is 0 Å². The Balaban J connectivity index is 2.03.